The zero-order chi connectivity index (χ0) is 41.0. The number of hydrogen-bond donors (Lipinski definition) is 2. The molecule has 2 aliphatic rings. The number of benzene rings is 2. The number of carbonyl (C=O) groups excluding carboxylic acids is 4. The second-order valence-corrected chi connectivity index (χ2v) is 21.6. The summed E-state index contributed by atoms with van der Waals surface area (Å²) in [6.07, 6.45) is 4.61. The van der Waals surface area contributed by atoms with Crippen molar-refractivity contribution in [2.75, 3.05) is 26.2 Å². The van der Waals surface area contributed by atoms with Crippen LogP contribution in [0, 0.1) is 37.3 Å². The number of nitrogens with one attached hydrogen (secondary N) is 2. The molecule has 0 radical (unpaired) electrons. The molecule has 4 aromatic rings. The first-order chi connectivity index (χ1) is 27.2. The summed E-state index contributed by atoms with van der Waals surface area (Å²) in [5.74, 6) is -1.67. The van der Waals surface area contributed by atoms with E-state index in [1.54, 1.807) is 24.3 Å². The van der Waals surface area contributed by atoms with E-state index in [0.29, 0.717) is 80.0 Å². The molecule has 2 atom stereocenters. The minimum atomic E-state index is -0.743. The number of hydrogen-bond acceptors (Lipinski definition) is 6. The third kappa shape index (κ3) is 10.0. The van der Waals surface area contributed by atoms with Gasteiger partial charge in [0.05, 0.1) is 0 Å². The minimum absolute atomic E-state index is 0.104. The van der Waals surface area contributed by atoms with Crippen LogP contribution in [0.2, 0.25) is 0 Å². The molecule has 2 aromatic heterocycles. The van der Waals surface area contributed by atoms with E-state index >= 15 is 0 Å². The predicted octanol–water partition coefficient (Wildman–Crippen LogP) is 7.23. The van der Waals surface area contributed by atoms with E-state index in [1.807, 2.05) is 51.3 Å². The van der Waals surface area contributed by atoms with Crippen molar-refractivity contribution >= 4 is 68.8 Å². The normalized spacial score (nSPS) is 15.4. The molecule has 0 spiro atoms. The zero-order valence-corrected chi connectivity index (χ0v) is 36.9. The third-order valence-electron chi connectivity index (χ3n) is 10.4. The SMILES string of the molecule is Cc1sc([Se]c2sc(C)c(-c3cccc(F)c3)c2C(=O)NC(CC(C)C)C(=O)N2CCCC2)c(C(=O)NC(CC(C)C)C(=O)N2CCCC2)c1-c1cccc(F)c1. The van der Waals surface area contributed by atoms with Crippen molar-refractivity contribution in [1.29, 1.82) is 0 Å². The van der Waals surface area contributed by atoms with Gasteiger partial charge in [-0.3, -0.25) is 0 Å². The molecule has 8 nitrogen and oxygen atoms in total. The van der Waals surface area contributed by atoms with Gasteiger partial charge >= 0.3 is 351 Å². The van der Waals surface area contributed by atoms with E-state index in [-0.39, 0.29) is 23.7 Å². The summed E-state index contributed by atoms with van der Waals surface area (Å²) in [6, 6.07) is 10.8. The van der Waals surface area contributed by atoms with Crippen molar-refractivity contribution in [2.45, 2.75) is 92.2 Å². The topological polar surface area (TPSA) is 98.8 Å². The third-order valence-corrected chi connectivity index (χ3v) is 15.8. The van der Waals surface area contributed by atoms with Crippen LogP contribution in [-0.2, 0) is 9.59 Å². The van der Waals surface area contributed by atoms with Crippen molar-refractivity contribution in [3.8, 4) is 22.3 Å². The van der Waals surface area contributed by atoms with Gasteiger partial charge in [0.2, 0.25) is 0 Å². The van der Waals surface area contributed by atoms with Crippen LogP contribution >= 0.6 is 22.7 Å². The van der Waals surface area contributed by atoms with E-state index in [9.17, 15) is 28.0 Å². The molecule has 6 rings (SSSR count). The predicted molar refractivity (Wildman–Crippen MR) is 227 cm³/mol. The summed E-state index contributed by atoms with van der Waals surface area (Å²) >= 11 is 2.19. The van der Waals surface area contributed by atoms with Crippen LogP contribution in [-0.4, -0.2) is 86.6 Å². The van der Waals surface area contributed by atoms with Gasteiger partial charge < -0.3 is 0 Å². The Hall–Kier alpha value is -3.90. The van der Waals surface area contributed by atoms with Gasteiger partial charge in [0.15, 0.2) is 0 Å². The Labute approximate surface area is 349 Å². The van der Waals surface area contributed by atoms with Crippen LogP contribution in [0.25, 0.3) is 22.3 Å². The molecule has 304 valence electrons. The van der Waals surface area contributed by atoms with E-state index in [2.05, 4.69) is 10.6 Å². The van der Waals surface area contributed by atoms with Crippen molar-refractivity contribution < 1.29 is 28.0 Å². The van der Waals surface area contributed by atoms with Gasteiger partial charge in [-0.1, -0.05) is 0 Å². The van der Waals surface area contributed by atoms with Crippen LogP contribution < -0.4 is 18.2 Å². The number of thiophene rings is 2. The van der Waals surface area contributed by atoms with Crippen LogP contribution in [0.1, 0.15) is 96.7 Å². The molecule has 2 saturated heterocycles. The summed E-state index contributed by atoms with van der Waals surface area (Å²) in [6.45, 7) is 14.5. The molecule has 2 aliphatic heterocycles. The Balaban J connectivity index is 1.46. The van der Waals surface area contributed by atoms with Crippen molar-refractivity contribution in [1.82, 2.24) is 20.4 Å². The van der Waals surface area contributed by atoms with E-state index in [1.165, 1.54) is 46.9 Å². The number of aryl methyl sites for hydroxylation is 2. The van der Waals surface area contributed by atoms with E-state index in [4.69, 9.17) is 0 Å². The molecule has 2 unspecified atom stereocenters. The van der Waals surface area contributed by atoms with Gasteiger partial charge in [-0.05, 0) is 0 Å². The van der Waals surface area contributed by atoms with Crippen molar-refractivity contribution in [3.05, 3.63) is 81.0 Å². The maximum absolute atomic E-state index is 14.8. The van der Waals surface area contributed by atoms with Gasteiger partial charge in [-0.2, -0.15) is 0 Å². The standard InChI is InChI=1S/C44H52F2N4O4S2Se/c1-25(2)21-33(41(53)49-17-7-8-18-49)47-39(51)37-35(29-13-11-15-31(45)23-29)27(5)55-43(37)57-44-38(36(28(6)56-44)30-14-12-16-32(46)24-30)40(52)48-34(22-26(3)4)42(54)50-19-9-10-20-50/h11-16,23-26,33-34H,7-10,17-22H2,1-6H3,(H,47,51)(H,48,52). The molecule has 2 N–H and O–H groups in total. The van der Waals surface area contributed by atoms with Crippen LogP contribution in [0.15, 0.2) is 48.5 Å². The molecule has 4 heterocycles. The van der Waals surface area contributed by atoms with Crippen LogP contribution in [0.3, 0.4) is 0 Å². The molecule has 0 aliphatic carbocycles. The molecule has 2 fully saturated rings. The molecule has 0 saturated carbocycles. The second-order valence-electron chi connectivity index (χ2n) is 15.9. The first-order valence-electron chi connectivity index (χ1n) is 19.9. The average Bonchev–Trinajstić information content (AvgIpc) is 3.98. The van der Waals surface area contributed by atoms with E-state index < -0.39 is 50.5 Å². The van der Waals surface area contributed by atoms with Crippen molar-refractivity contribution in [3.63, 3.8) is 0 Å². The Morgan fingerprint density at radius 1 is 0.649 bits per heavy atom. The van der Waals surface area contributed by atoms with Gasteiger partial charge in [0, 0.05) is 0 Å². The number of carbonyl (C=O) groups is 4. The summed E-state index contributed by atoms with van der Waals surface area (Å²) in [5.41, 5.74) is 2.97. The number of rotatable bonds is 14. The van der Waals surface area contributed by atoms with Gasteiger partial charge in [0.25, 0.3) is 0 Å². The van der Waals surface area contributed by atoms with Crippen LogP contribution in [0.5, 0.6) is 0 Å². The summed E-state index contributed by atoms with van der Waals surface area (Å²) in [7, 11) is 0. The average molecular weight is 882 g/mol. The first-order valence-corrected chi connectivity index (χ1v) is 23.2. The molecule has 2 aromatic carbocycles. The number of likely N-dealkylation sites (tertiary alicyclic amines) is 2. The number of amides is 4. The fourth-order valence-electron chi connectivity index (χ4n) is 7.82. The van der Waals surface area contributed by atoms with Crippen LogP contribution in [0.4, 0.5) is 8.78 Å². The molecule has 4 amide bonds. The van der Waals surface area contributed by atoms with Gasteiger partial charge in [-0.25, -0.2) is 0 Å². The van der Waals surface area contributed by atoms with E-state index in [0.717, 1.165) is 35.4 Å². The summed E-state index contributed by atoms with van der Waals surface area (Å²) < 4.78 is 31.0. The summed E-state index contributed by atoms with van der Waals surface area (Å²) in [4.78, 5) is 62.3. The number of halogens is 2. The monoisotopic (exact) mass is 882 g/mol. The second kappa shape index (κ2) is 18.8. The Kier molecular flexibility index (Phi) is 14.1. The first kappa shape index (κ1) is 42.7. The molecule has 13 heteroatoms. The van der Waals surface area contributed by atoms with Crippen molar-refractivity contribution in [2.24, 2.45) is 11.8 Å². The maximum atomic E-state index is 14.8. The molecule has 0 bridgehead atoms. The number of nitrogens with zero attached hydrogens (tertiary/aromatic N) is 2. The summed E-state index contributed by atoms with van der Waals surface area (Å²) in [5, 5.41) is 6.22. The van der Waals surface area contributed by atoms with Gasteiger partial charge in [-0.15, -0.1) is 0 Å². The molecule has 57 heavy (non-hydrogen) atoms. The molecular weight excluding hydrogens is 830 g/mol. The fraction of sp³-hybridized carbons (Fsp3) is 0.455. The quantitative estimate of drug-likeness (QED) is 0.131. The fourth-order valence-corrected chi connectivity index (χ4v) is 14.5. The van der Waals surface area contributed by atoms with Gasteiger partial charge in [0.1, 0.15) is 0 Å². The Bertz CT molecular complexity index is 1970. The Morgan fingerprint density at radius 2 is 1.02 bits per heavy atom. The molecular formula is C44H52F2N4O4S2Se. The zero-order valence-electron chi connectivity index (χ0n) is 33.5. The Morgan fingerprint density at radius 3 is 1.35 bits per heavy atom.